The second-order valence-corrected chi connectivity index (χ2v) is 5.89. The van der Waals surface area contributed by atoms with Crippen molar-refractivity contribution in [1.82, 2.24) is 15.1 Å². The van der Waals surface area contributed by atoms with Crippen LogP contribution in [0.3, 0.4) is 0 Å². The van der Waals surface area contributed by atoms with Crippen LogP contribution in [0.5, 0.6) is 0 Å². The van der Waals surface area contributed by atoms with Gasteiger partial charge in [-0.25, -0.2) is 0 Å². The maximum Gasteiger partial charge on any atom is 0.0762 e. The maximum atomic E-state index is 4.51. The molecule has 4 heteroatoms. The zero-order valence-corrected chi connectivity index (χ0v) is 12.4. The number of nitrogens with zero attached hydrogens (tertiary/aromatic N) is 2. The van der Waals surface area contributed by atoms with E-state index in [0.717, 1.165) is 24.5 Å². The molecule has 0 spiro atoms. The van der Waals surface area contributed by atoms with Crippen LogP contribution < -0.4 is 5.32 Å². The van der Waals surface area contributed by atoms with Crippen LogP contribution in [0.4, 0.5) is 0 Å². The first-order chi connectivity index (χ1) is 9.25. The Morgan fingerprint density at radius 2 is 2.00 bits per heavy atom. The number of rotatable bonds is 7. The zero-order chi connectivity index (χ0) is 13.5. The molecule has 2 aromatic rings. The molecule has 0 aliphatic heterocycles. The highest BCUT2D eigenvalue weighted by molar-refractivity contribution is 7.99. The average Bonchev–Trinajstić information content (AvgIpc) is 2.89. The molecule has 0 unspecified atom stereocenters. The lowest BCUT2D eigenvalue weighted by atomic mass is 10.4. The Morgan fingerprint density at radius 3 is 2.68 bits per heavy atom. The second-order valence-electron chi connectivity index (χ2n) is 4.72. The second kappa shape index (κ2) is 7.36. The summed E-state index contributed by atoms with van der Waals surface area (Å²) in [5.74, 6) is 1.08. The number of benzene rings is 1. The Bertz CT molecular complexity index is 479. The largest absolute Gasteiger partial charge is 0.310 e. The van der Waals surface area contributed by atoms with Gasteiger partial charge < -0.3 is 5.32 Å². The van der Waals surface area contributed by atoms with Crippen LogP contribution in [0.2, 0.25) is 0 Å². The third kappa shape index (κ3) is 4.73. The van der Waals surface area contributed by atoms with Crippen LogP contribution in [-0.4, -0.2) is 22.1 Å². The first kappa shape index (κ1) is 14.2. The van der Waals surface area contributed by atoms with E-state index in [1.807, 2.05) is 28.7 Å². The molecule has 1 aromatic heterocycles. The van der Waals surface area contributed by atoms with Crippen molar-refractivity contribution in [1.29, 1.82) is 0 Å². The van der Waals surface area contributed by atoms with E-state index < -0.39 is 0 Å². The summed E-state index contributed by atoms with van der Waals surface area (Å²) >= 11 is 1.88. The van der Waals surface area contributed by atoms with Gasteiger partial charge in [-0.3, -0.25) is 4.68 Å². The van der Waals surface area contributed by atoms with E-state index in [0.29, 0.717) is 6.04 Å². The van der Waals surface area contributed by atoms with Crippen molar-refractivity contribution in [3.8, 4) is 0 Å². The number of hydrogen-bond donors (Lipinski definition) is 1. The van der Waals surface area contributed by atoms with Crippen molar-refractivity contribution in [3.63, 3.8) is 0 Å². The van der Waals surface area contributed by atoms with E-state index in [-0.39, 0.29) is 0 Å². The molecule has 2 rings (SSSR count). The molecule has 0 aliphatic rings. The highest BCUT2D eigenvalue weighted by Gasteiger charge is 2.01. The third-order valence-corrected chi connectivity index (χ3v) is 3.80. The van der Waals surface area contributed by atoms with Gasteiger partial charge in [-0.15, -0.1) is 11.8 Å². The van der Waals surface area contributed by atoms with Gasteiger partial charge in [0.2, 0.25) is 0 Å². The summed E-state index contributed by atoms with van der Waals surface area (Å²) in [7, 11) is 0. The minimum atomic E-state index is 0.433. The molecule has 0 fully saturated rings. The van der Waals surface area contributed by atoms with Crippen LogP contribution in [0.15, 0.2) is 47.5 Å². The fourth-order valence-corrected chi connectivity index (χ4v) is 2.57. The summed E-state index contributed by atoms with van der Waals surface area (Å²) in [6.45, 7) is 6.12. The zero-order valence-electron chi connectivity index (χ0n) is 11.5. The molecule has 1 heterocycles. The van der Waals surface area contributed by atoms with Crippen molar-refractivity contribution in [2.75, 3.05) is 12.3 Å². The highest BCUT2D eigenvalue weighted by atomic mass is 32.2. The summed E-state index contributed by atoms with van der Waals surface area (Å²) in [4.78, 5) is 1.33. The summed E-state index contributed by atoms with van der Waals surface area (Å²) in [6, 6.07) is 13.0. The maximum absolute atomic E-state index is 4.51. The minimum absolute atomic E-state index is 0.433. The number of aromatic nitrogens is 2. The third-order valence-electron chi connectivity index (χ3n) is 2.79. The number of thioether (sulfide) groups is 1. The van der Waals surface area contributed by atoms with Crippen LogP contribution in [0, 0.1) is 0 Å². The summed E-state index contributed by atoms with van der Waals surface area (Å²) in [5, 5.41) is 7.94. The molecule has 0 saturated carbocycles. The van der Waals surface area contributed by atoms with Crippen LogP contribution in [-0.2, 0) is 6.54 Å². The monoisotopic (exact) mass is 275 g/mol. The Balaban J connectivity index is 1.64. The fraction of sp³-hybridized carbons (Fsp3) is 0.400. The minimum Gasteiger partial charge on any atom is -0.310 e. The Morgan fingerprint density at radius 1 is 1.21 bits per heavy atom. The molecule has 3 nitrogen and oxygen atoms in total. The fourth-order valence-electron chi connectivity index (χ4n) is 1.73. The average molecular weight is 275 g/mol. The first-order valence-electron chi connectivity index (χ1n) is 6.68. The van der Waals surface area contributed by atoms with E-state index in [2.05, 4.69) is 54.6 Å². The lowest BCUT2D eigenvalue weighted by Crippen LogP contribution is -2.17. The van der Waals surface area contributed by atoms with Crippen LogP contribution >= 0.6 is 11.8 Å². The highest BCUT2D eigenvalue weighted by Crippen LogP contribution is 2.15. The van der Waals surface area contributed by atoms with Crippen molar-refractivity contribution < 1.29 is 0 Å². The molecule has 1 aromatic carbocycles. The quantitative estimate of drug-likeness (QED) is 0.621. The number of nitrogens with one attached hydrogen (secondary N) is 1. The Hall–Kier alpha value is -1.26. The Labute approximate surface area is 119 Å². The summed E-state index contributed by atoms with van der Waals surface area (Å²) < 4.78 is 2.00. The van der Waals surface area contributed by atoms with Gasteiger partial charge in [0.25, 0.3) is 0 Å². The molecule has 1 N–H and O–H groups in total. The molecule has 0 aliphatic carbocycles. The van der Waals surface area contributed by atoms with Gasteiger partial charge in [-0.05, 0) is 32.0 Å². The van der Waals surface area contributed by atoms with Crippen molar-refractivity contribution in [3.05, 3.63) is 48.3 Å². The van der Waals surface area contributed by atoms with Gasteiger partial charge in [0.05, 0.1) is 5.69 Å². The van der Waals surface area contributed by atoms with E-state index in [1.54, 1.807) is 0 Å². The smallest absolute Gasteiger partial charge is 0.0762 e. The molecule has 19 heavy (non-hydrogen) atoms. The topological polar surface area (TPSA) is 29.9 Å². The molecule has 0 atom stereocenters. The predicted molar refractivity (Wildman–Crippen MR) is 81.5 cm³/mol. The van der Waals surface area contributed by atoms with Gasteiger partial charge in [0, 0.05) is 36.0 Å². The molecular formula is C15H21N3S. The molecule has 102 valence electrons. The molecule has 0 radical (unpaired) electrons. The Kier molecular flexibility index (Phi) is 5.48. The first-order valence-corrected chi connectivity index (χ1v) is 7.67. The van der Waals surface area contributed by atoms with Gasteiger partial charge >= 0.3 is 0 Å². The lowest BCUT2D eigenvalue weighted by molar-refractivity contribution is 0.522. The van der Waals surface area contributed by atoms with Crippen molar-refractivity contribution >= 4 is 11.8 Å². The van der Waals surface area contributed by atoms with E-state index >= 15 is 0 Å². The number of hydrogen-bond acceptors (Lipinski definition) is 3. The van der Waals surface area contributed by atoms with Gasteiger partial charge in [0.1, 0.15) is 0 Å². The molecular weight excluding hydrogens is 254 g/mol. The molecule has 0 amide bonds. The summed E-state index contributed by atoms with van der Waals surface area (Å²) in [5.41, 5.74) is 1.11. The molecule has 0 saturated heterocycles. The van der Waals surface area contributed by atoms with Crippen molar-refractivity contribution in [2.45, 2.75) is 31.3 Å². The van der Waals surface area contributed by atoms with Gasteiger partial charge in [-0.2, -0.15) is 5.10 Å². The van der Waals surface area contributed by atoms with E-state index in [9.17, 15) is 0 Å². The standard InChI is InChI=1S/C15H21N3S/c1-13(2)18-10-8-14(17-18)12-16-9-11-19-15-6-4-3-5-7-15/h3-8,10,13,16H,9,11-12H2,1-2H3. The van der Waals surface area contributed by atoms with Crippen LogP contribution in [0.25, 0.3) is 0 Å². The van der Waals surface area contributed by atoms with Gasteiger partial charge in [-0.1, -0.05) is 18.2 Å². The van der Waals surface area contributed by atoms with E-state index in [1.165, 1.54) is 4.90 Å². The lowest BCUT2D eigenvalue weighted by Gasteiger charge is -2.05. The van der Waals surface area contributed by atoms with Crippen LogP contribution in [0.1, 0.15) is 25.6 Å². The normalized spacial score (nSPS) is 11.1. The van der Waals surface area contributed by atoms with E-state index in [4.69, 9.17) is 0 Å². The SMILES string of the molecule is CC(C)n1ccc(CNCCSc2ccccc2)n1. The molecule has 0 bridgehead atoms. The predicted octanol–water partition coefficient (Wildman–Crippen LogP) is 3.35. The van der Waals surface area contributed by atoms with Gasteiger partial charge in [0.15, 0.2) is 0 Å². The summed E-state index contributed by atoms with van der Waals surface area (Å²) in [6.07, 6.45) is 2.04. The van der Waals surface area contributed by atoms with Crippen molar-refractivity contribution in [2.24, 2.45) is 0 Å².